The number of nitrogens with zero attached hydrogens (tertiary/aromatic N) is 1. The highest BCUT2D eigenvalue weighted by molar-refractivity contribution is 5.33. The Bertz CT molecular complexity index is 367. The first kappa shape index (κ1) is 11.4. The minimum Gasteiger partial charge on any atom is -0.495 e. The lowest BCUT2D eigenvalue weighted by atomic mass is 9.75. The van der Waals surface area contributed by atoms with Crippen molar-refractivity contribution in [3.05, 3.63) is 24.0 Å². The Morgan fingerprint density at radius 3 is 3.06 bits per heavy atom. The van der Waals surface area contributed by atoms with Gasteiger partial charge in [0, 0.05) is 6.20 Å². The maximum atomic E-state index is 6.50. The van der Waals surface area contributed by atoms with Gasteiger partial charge >= 0.3 is 0 Å². The van der Waals surface area contributed by atoms with Crippen molar-refractivity contribution in [3.63, 3.8) is 0 Å². The van der Waals surface area contributed by atoms with E-state index in [2.05, 4.69) is 11.9 Å². The Morgan fingerprint density at radius 1 is 1.56 bits per heavy atom. The molecule has 1 fully saturated rings. The Hall–Kier alpha value is -1.09. The summed E-state index contributed by atoms with van der Waals surface area (Å²) in [6, 6.07) is 3.83. The molecule has 0 saturated heterocycles. The molecule has 2 rings (SSSR count). The first-order valence-electron chi connectivity index (χ1n) is 5.94. The SMILES string of the molecule is COc1cccnc1C1(N)CCCC(C)C1. The van der Waals surface area contributed by atoms with Gasteiger partial charge in [-0.15, -0.1) is 0 Å². The van der Waals surface area contributed by atoms with Gasteiger partial charge in [0.05, 0.1) is 12.6 Å². The molecule has 16 heavy (non-hydrogen) atoms. The maximum absolute atomic E-state index is 6.50. The lowest BCUT2D eigenvalue weighted by Gasteiger charge is -2.36. The molecule has 1 saturated carbocycles. The first-order chi connectivity index (χ1) is 7.65. The van der Waals surface area contributed by atoms with Crippen molar-refractivity contribution in [2.45, 2.75) is 38.1 Å². The van der Waals surface area contributed by atoms with Crippen LogP contribution in [0.1, 0.15) is 38.3 Å². The predicted molar refractivity (Wildman–Crippen MR) is 64.3 cm³/mol. The third kappa shape index (κ3) is 2.05. The largest absolute Gasteiger partial charge is 0.495 e. The van der Waals surface area contributed by atoms with Crippen LogP contribution in [0.25, 0.3) is 0 Å². The molecule has 0 aromatic carbocycles. The van der Waals surface area contributed by atoms with Crippen LogP contribution < -0.4 is 10.5 Å². The molecule has 1 heterocycles. The summed E-state index contributed by atoms with van der Waals surface area (Å²) in [5, 5.41) is 0. The topological polar surface area (TPSA) is 48.1 Å². The summed E-state index contributed by atoms with van der Waals surface area (Å²) in [7, 11) is 1.68. The summed E-state index contributed by atoms with van der Waals surface area (Å²) in [4.78, 5) is 4.43. The van der Waals surface area contributed by atoms with E-state index in [-0.39, 0.29) is 5.54 Å². The molecule has 1 aromatic rings. The standard InChI is InChI=1S/C13H20N2O/c1-10-5-3-7-13(14,9-10)12-11(16-2)6-4-8-15-12/h4,6,8,10H,3,5,7,9,14H2,1-2H3. The molecule has 88 valence electrons. The smallest absolute Gasteiger partial charge is 0.142 e. The van der Waals surface area contributed by atoms with Crippen LogP contribution in [0.2, 0.25) is 0 Å². The molecule has 1 aliphatic carbocycles. The molecule has 0 aliphatic heterocycles. The summed E-state index contributed by atoms with van der Waals surface area (Å²) >= 11 is 0. The number of hydrogen-bond donors (Lipinski definition) is 1. The summed E-state index contributed by atoms with van der Waals surface area (Å²) < 4.78 is 5.36. The van der Waals surface area contributed by atoms with Gasteiger partial charge in [-0.25, -0.2) is 0 Å². The molecular formula is C13H20N2O. The van der Waals surface area contributed by atoms with E-state index in [1.54, 1.807) is 13.3 Å². The number of ether oxygens (including phenoxy) is 1. The lowest BCUT2D eigenvalue weighted by molar-refractivity contribution is 0.227. The van der Waals surface area contributed by atoms with Crippen molar-refractivity contribution < 1.29 is 4.74 Å². The van der Waals surface area contributed by atoms with E-state index in [0.29, 0.717) is 5.92 Å². The zero-order chi connectivity index (χ0) is 11.6. The number of nitrogens with two attached hydrogens (primary N) is 1. The number of aromatic nitrogens is 1. The average molecular weight is 220 g/mol. The first-order valence-corrected chi connectivity index (χ1v) is 5.94. The summed E-state index contributed by atoms with van der Waals surface area (Å²) in [5.74, 6) is 1.49. The fourth-order valence-electron chi connectivity index (χ4n) is 2.74. The van der Waals surface area contributed by atoms with Crippen molar-refractivity contribution >= 4 is 0 Å². The summed E-state index contributed by atoms with van der Waals surface area (Å²) in [6.07, 6.45) is 6.25. The van der Waals surface area contributed by atoms with Gasteiger partial charge in [0.25, 0.3) is 0 Å². The highest BCUT2D eigenvalue weighted by Crippen LogP contribution is 2.40. The monoisotopic (exact) mass is 220 g/mol. The molecule has 1 aliphatic rings. The fraction of sp³-hybridized carbons (Fsp3) is 0.615. The predicted octanol–water partition coefficient (Wildman–Crippen LogP) is 2.45. The maximum Gasteiger partial charge on any atom is 0.142 e. The Labute approximate surface area is 97.0 Å². The van der Waals surface area contributed by atoms with Crippen LogP contribution in [0.3, 0.4) is 0 Å². The van der Waals surface area contributed by atoms with Gasteiger partial charge in [-0.2, -0.15) is 0 Å². The molecule has 2 atom stereocenters. The van der Waals surface area contributed by atoms with E-state index >= 15 is 0 Å². The van der Waals surface area contributed by atoms with Gasteiger partial charge in [-0.1, -0.05) is 19.8 Å². The van der Waals surface area contributed by atoms with Crippen molar-refractivity contribution in [2.24, 2.45) is 11.7 Å². The van der Waals surface area contributed by atoms with Crippen LogP contribution in [0, 0.1) is 5.92 Å². The van der Waals surface area contributed by atoms with Crippen LogP contribution in [0.4, 0.5) is 0 Å². The number of rotatable bonds is 2. The summed E-state index contributed by atoms with van der Waals surface area (Å²) in [5.41, 5.74) is 7.12. The van der Waals surface area contributed by atoms with Gasteiger partial charge in [0.15, 0.2) is 0 Å². The van der Waals surface area contributed by atoms with Crippen LogP contribution >= 0.6 is 0 Å². The molecule has 2 N–H and O–H groups in total. The van der Waals surface area contributed by atoms with Crippen LogP contribution in [0.15, 0.2) is 18.3 Å². The molecule has 3 heteroatoms. The van der Waals surface area contributed by atoms with E-state index in [9.17, 15) is 0 Å². The van der Waals surface area contributed by atoms with Gasteiger partial charge in [-0.05, 0) is 30.9 Å². The third-order valence-electron chi connectivity index (χ3n) is 3.49. The second-order valence-corrected chi connectivity index (χ2v) is 4.91. The molecule has 0 radical (unpaired) electrons. The highest BCUT2D eigenvalue weighted by atomic mass is 16.5. The van der Waals surface area contributed by atoms with E-state index < -0.39 is 0 Å². The van der Waals surface area contributed by atoms with Crippen LogP contribution in [-0.4, -0.2) is 12.1 Å². The second kappa shape index (κ2) is 4.42. The van der Waals surface area contributed by atoms with Crippen molar-refractivity contribution in [2.75, 3.05) is 7.11 Å². The minimum atomic E-state index is -0.301. The molecule has 0 amide bonds. The van der Waals surface area contributed by atoms with E-state index in [0.717, 1.165) is 24.3 Å². The lowest BCUT2D eigenvalue weighted by Crippen LogP contribution is -2.42. The molecular weight excluding hydrogens is 200 g/mol. The van der Waals surface area contributed by atoms with Gasteiger partial charge < -0.3 is 10.5 Å². The number of pyridine rings is 1. The Morgan fingerprint density at radius 2 is 2.38 bits per heavy atom. The zero-order valence-electron chi connectivity index (χ0n) is 10.1. The van der Waals surface area contributed by atoms with Crippen molar-refractivity contribution in [1.29, 1.82) is 0 Å². The van der Waals surface area contributed by atoms with Gasteiger partial charge in [0.1, 0.15) is 11.4 Å². The van der Waals surface area contributed by atoms with Crippen LogP contribution in [-0.2, 0) is 5.54 Å². The second-order valence-electron chi connectivity index (χ2n) is 4.91. The molecule has 2 unspecified atom stereocenters. The Balaban J connectivity index is 2.34. The van der Waals surface area contributed by atoms with E-state index in [1.807, 2.05) is 12.1 Å². The molecule has 3 nitrogen and oxygen atoms in total. The normalized spacial score (nSPS) is 30.1. The third-order valence-corrected chi connectivity index (χ3v) is 3.49. The van der Waals surface area contributed by atoms with E-state index in [4.69, 9.17) is 10.5 Å². The van der Waals surface area contributed by atoms with Crippen LogP contribution in [0.5, 0.6) is 5.75 Å². The Kier molecular flexibility index (Phi) is 3.15. The van der Waals surface area contributed by atoms with Gasteiger partial charge in [0.2, 0.25) is 0 Å². The molecule has 0 bridgehead atoms. The number of methoxy groups -OCH3 is 1. The fourth-order valence-corrected chi connectivity index (χ4v) is 2.74. The van der Waals surface area contributed by atoms with Gasteiger partial charge in [-0.3, -0.25) is 4.98 Å². The van der Waals surface area contributed by atoms with E-state index in [1.165, 1.54) is 12.8 Å². The van der Waals surface area contributed by atoms with Crippen molar-refractivity contribution in [1.82, 2.24) is 4.98 Å². The molecule has 1 aromatic heterocycles. The van der Waals surface area contributed by atoms with Crippen molar-refractivity contribution in [3.8, 4) is 5.75 Å². The quantitative estimate of drug-likeness (QED) is 0.832. The minimum absolute atomic E-state index is 0.301. The summed E-state index contributed by atoms with van der Waals surface area (Å²) in [6.45, 7) is 2.26. The average Bonchev–Trinajstić information content (AvgIpc) is 2.29. The number of hydrogen-bond acceptors (Lipinski definition) is 3. The zero-order valence-corrected chi connectivity index (χ0v) is 10.1. The highest BCUT2D eigenvalue weighted by Gasteiger charge is 2.36. The molecule has 0 spiro atoms.